The second-order valence-electron chi connectivity index (χ2n) is 9.91. The smallest absolute Gasteiger partial charge is 0.238 e. The average molecular weight is 604 g/mol. The van der Waals surface area contributed by atoms with Crippen LogP contribution in [0.25, 0.3) is 65.0 Å². The summed E-state index contributed by atoms with van der Waals surface area (Å²) in [4.78, 5) is 5.17. The molecule has 0 amide bonds. The van der Waals surface area contributed by atoms with Crippen molar-refractivity contribution in [2.24, 2.45) is 0 Å². The minimum atomic E-state index is -0.244. The highest BCUT2D eigenvalue weighted by Crippen LogP contribution is 2.46. The summed E-state index contributed by atoms with van der Waals surface area (Å²) in [5.41, 5.74) is 5.11. The summed E-state index contributed by atoms with van der Waals surface area (Å²) in [6, 6.07) is 33.8. The first-order valence-electron chi connectivity index (χ1n) is 12.9. The predicted molar refractivity (Wildman–Crippen MR) is 166 cm³/mol. The summed E-state index contributed by atoms with van der Waals surface area (Å²) < 4.78 is 21.6. The van der Waals surface area contributed by atoms with Crippen LogP contribution >= 0.6 is 27.3 Å². The molecular formula is C33H20BrFN4S. The number of benzene rings is 5. The van der Waals surface area contributed by atoms with Gasteiger partial charge in [-0.15, -0.1) is 16.4 Å². The van der Waals surface area contributed by atoms with Gasteiger partial charge in [0.2, 0.25) is 5.95 Å². The third kappa shape index (κ3) is 3.48. The molecule has 0 aliphatic heterocycles. The standard InChI is InChI=1S/C33H20BrFN4S/c1-19-12-14-27-23(16-19)24-18-26(34)29-25-17-21(35)13-15-28(25)40-31(29)30(24)38(27)33-36-32(20-8-4-2-5-9-20)37-39(33)22-10-6-3-7-11-22/h2-18H,1H3. The number of thiophene rings is 1. The number of aryl methyl sites for hydroxylation is 1. The zero-order valence-electron chi connectivity index (χ0n) is 21.3. The summed E-state index contributed by atoms with van der Waals surface area (Å²) in [5, 5.41) is 9.16. The normalized spacial score (nSPS) is 11.9. The van der Waals surface area contributed by atoms with Gasteiger partial charge in [-0.25, -0.2) is 4.39 Å². The monoisotopic (exact) mass is 602 g/mol. The van der Waals surface area contributed by atoms with E-state index >= 15 is 0 Å². The van der Waals surface area contributed by atoms with Crippen molar-refractivity contribution in [1.82, 2.24) is 19.3 Å². The quantitative estimate of drug-likeness (QED) is 0.202. The molecule has 0 saturated carbocycles. The molecule has 40 heavy (non-hydrogen) atoms. The summed E-state index contributed by atoms with van der Waals surface area (Å²) in [6.45, 7) is 2.11. The number of hydrogen-bond acceptors (Lipinski definition) is 3. The van der Waals surface area contributed by atoms with E-state index < -0.39 is 0 Å². The molecule has 0 bridgehead atoms. The maximum Gasteiger partial charge on any atom is 0.238 e. The molecule has 0 unspecified atom stereocenters. The molecular weight excluding hydrogens is 583 g/mol. The van der Waals surface area contributed by atoms with Gasteiger partial charge in [-0.2, -0.15) is 9.67 Å². The van der Waals surface area contributed by atoms with Crippen molar-refractivity contribution in [3.05, 3.63) is 119 Å². The molecule has 0 aliphatic rings. The molecule has 0 atom stereocenters. The van der Waals surface area contributed by atoms with Crippen molar-refractivity contribution in [1.29, 1.82) is 0 Å². The first-order valence-corrected chi connectivity index (χ1v) is 14.5. The molecule has 8 rings (SSSR count). The van der Waals surface area contributed by atoms with Crippen LogP contribution in [0.1, 0.15) is 5.56 Å². The molecule has 0 radical (unpaired) electrons. The number of rotatable bonds is 3. The second kappa shape index (κ2) is 8.84. The lowest BCUT2D eigenvalue weighted by Crippen LogP contribution is -2.06. The van der Waals surface area contributed by atoms with Gasteiger partial charge >= 0.3 is 0 Å². The van der Waals surface area contributed by atoms with Crippen LogP contribution in [0.3, 0.4) is 0 Å². The van der Waals surface area contributed by atoms with E-state index in [0.29, 0.717) is 11.8 Å². The van der Waals surface area contributed by atoms with E-state index in [2.05, 4.69) is 51.7 Å². The molecule has 3 heterocycles. The van der Waals surface area contributed by atoms with Gasteiger partial charge in [0.25, 0.3) is 0 Å². The number of nitrogens with zero attached hydrogens (tertiary/aromatic N) is 4. The number of para-hydroxylation sites is 1. The van der Waals surface area contributed by atoms with Gasteiger partial charge in [-0.3, -0.25) is 4.57 Å². The van der Waals surface area contributed by atoms with Crippen LogP contribution < -0.4 is 0 Å². The average Bonchev–Trinajstić information content (AvgIpc) is 3.66. The highest BCUT2D eigenvalue weighted by molar-refractivity contribution is 9.10. The fourth-order valence-corrected chi connectivity index (χ4v) is 7.60. The van der Waals surface area contributed by atoms with Crippen molar-refractivity contribution in [2.75, 3.05) is 0 Å². The lowest BCUT2D eigenvalue weighted by molar-refractivity contribution is 0.630. The van der Waals surface area contributed by atoms with Gasteiger partial charge in [0.1, 0.15) is 5.82 Å². The highest BCUT2D eigenvalue weighted by atomic mass is 79.9. The van der Waals surface area contributed by atoms with Crippen LogP contribution in [-0.2, 0) is 0 Å². The van der Waals surface area contributed by atoms with E-state index in [1.165, 1.54) is 11.6 Å². The maximum absolute atomic E-state index is 14.4. The van der Waals surface area contributed by atoms with E-state index in [9.17, 15) is 4.39 Å². The topological polar surface area (TPSA) is 35.6 Å². The van der Waals surface area contributed by atoms with Gasteiger partial charge in [0.15, 0.2) is 5.82 Å². The number of aromatic nitrogens is 4. The van der Waals surface area contributed by atoms with E-state index in [-0.39, 0.29) is 5.82 Å². The zero-order valence-corrected chi connectivity index (χ0v) is 23.7. The highest BCUT2D eigenvalue weighted by Gasteiger charge is 2.24. The summed E-state index contributed by atoms with van der Waals surface area (Å²) in [5.74, 6) is 1.10. The molecule has 0 N–H and O–H groups in total. The summed E-state index contributed by atoms with van der Waals surface area (Å²) in [7, 11) is 0. The fourth-order valence-electron chi connectivity index (χ4n) is 5.58. The summed E-state index contributed by atoms with van der Waals surface area (Å²) >= 11 is 5.51. The Balaban J connectivity index is 1.57. The van der Waals surface area contributed by atoms with Gasteiger partial charge in [-0.05, 0) is 55.5 Å². The Labute approximate surface area is 241 Å². The van der Waals surface area contributed by atoms with Crippen molar-refractivity contribution in [3.63, 3.8) is 0 Å². The Hall–Kier alpha value is -4.33. The van der Waals surface area contributed by atoms with Crippen LogP contribution in [0.2, 0.25) is 0 Å². The minimum absolute atomic E-state index is 0.244. The Morgan fingerprint density at radius 2 is 1.57 bits per heavy atom. The third-order valence-corrected chi connectivity index (χ3v) is 9.16. The lowest BCUT2D eigenvalue weighted by atomic mass is 10.1. The Morgan fingerprint density at radius 1 is 0.800 bits per heavy atom. The first-order chi connectivity index (χ1) is 19.6. The van der Waals surface area contributed by atoms with Crippen LogP contribution in [0, 0.1) is 12.7 Å². The van der Waals surface area contributed by atoms with Crippen LogP contribution in [0.5, 0.6) is 0 Å². The second-order valence-corrected chi connectivity index (χ2v) is 11.8. The van der Waals surface area contributed by atoms with E-state index in [0.717, 1.165) is 57.7 Å². The number of fused-ring (bicyclic) bond motifs is 7. The predicted octanol–water partition coefficient (Wildman–Crippen LogP) is 9.61. The lowest BCUT2D eigenvalue weighted by Gasteiger charge is -2.10. The Kier molecular flexibility index (Phi) is 5.21. The van der Waals surface area contributed by atoms with E-state index in [4.69, 9.17) is 10.1 Å². The van der Waals surface area contributed by atoms with Crippen molar-refractivity contribution in [2.45, 2.75) is 6.92 Å². The molecule has 5 aromatic carbocycles. The maximum atomic E-state index is 14.4. The number of hydrogen-bond donors (Lipinski definition) is 0. The molecule has 192 valence electrons. The van der Waals surface area contributed by atoms with Gasteiger partial charge in [0, 0.05) is 36.3 Å². The van der Waals surface area contributed by atoms with Crippen LogP contribution in [-0.4, -0.2) is 19.3 Å². The molecule has 8 aromatic rings. The Morgan fingerprint density at radius 3 is 2.38 bits per heavy atom. The molecule has 0 saturated heterocycles. The Bertz CT molecular complexity index is 2250. The molecule has 4 nitrogen and oxygen atoms in total. The van der Waals surface area contributed by atoms with Gasteiger partial charge in [-0.1, -0.05) is 76.1 Å². The molecule has 3 aromatic heterocycles. The van der Waals surface area contributed by atoms with Crippen molar-refractivity contribution >= 4 is 69.2 Å². The van der Waals surface area contributed by atoms with E-state index in [1.807, 2.05) is 71.4 Å². The number of halogens is 2. The molecule has 0 aliphatic carbocycles. The van der Waals surface area contributed by atoms with Gasteiger partial charge in [0.05, 0.1) is 21.4 Å². The largest absolute Gasteiger partial charge is 0.276 e. The van der Waals surface area contributed by atoms with E-state index in [1.54, 1.807) is 17.4 Å². The van der Waals surface area contributed by atoms with Crippen LogP contribution in [0.4, 0.5) is 4.39 Å². The van der Waals surface area contributed by atoms with Crippen molar-refractivity contribution < 1.29 is 4.39 Å². The van der Waals surface area contributed by atoms with Gasteiger partial charge < -0.3 is 0 Å². The first kappa shape index (κ1) is 23.5. The van der Waals surface area contributed by atoms with Crippen LogP contribution in [0.15, 0.2) is 108 Å². The minimum Gasteiger partial charge on any atom is -0.276 e. The summed E-state index contributed by atoms with van der Waals surface area (Å²) in [6.07, 6.45) is 0. The molecule has 7 heteroatoms. The molecule has 0 fully saturated rings. The van der Waals surface area contributed by atoms with Crippen molar-refractivity contribution in [3.8, 4) is 23.0 Å². The third-order valence-electron chi connectivity index (χ3n) is 7.36. The SMILES string of the molecule is Cc1ccc2c(c1)c1cc(Br)c3c4cc(F)ccc4sc3c1n2-c1nc(-c2ccccc2)nn1-c1ccccc1. The molecule has 0 spiro atoms. The zero-order chi connectivity index (χ0) is 27.0. The fraction of sp³-hybridized carbons (Fsp3) is 0.0303.